The molecule has 0 radical (unpaired) electrons. The first-order valence-electron chi connectivity index (χ1n) is 5.06. The lowest BCUT2D eigenvalue weighted by atomic mass is 10.3. The molecule has 10 heteroatoms. The summed E-state index contributed by atoms with van der Waals surface area (Å²) in [4.78, 5) is 0. The van der Waals surface area contributed by atoms with E-state index in [1.54, 1.807) is 26.8 Å². The smallest absolute Gasteiger partial charge is 0.370 e. The molecule has 0 amide bonds. The Morgan fingerprint density at radius 1 is 1.10 bits per heavy atom. The molecule has 0 aromatic rings. The van der Waals surface area contributed by atoms with Gasteiger partial charge in [-0.15, -0.1) is 0 Å². The zero-order chi connectivity index (χ0) is 16.4. The Balaban J connectivity index is 0. The maximum Gasteiger partial charge on any atom is 0.445 e. The molecule has 0 unspecified atom stereocenters. The molecule has 8 nitrogen and oxygen atoms in total. The Hall–Kier alpha value is -1.20. The monoisotopic (exact) mass is 330 g/mol. The Morgan fingerprint density at radius 2 is 1.60 bits per heavy atom. The van der Waals surface area contributed by atoms with Crippen LogP contribution >= 0.6 is 0 Å². The first-order chi connectivity index (χ1) is 8.83. The third-order valence-electron chi connectivity index (χ3n) is 1.24. The van der Waals surface area contributed by atoms with E-state index >= 15 is 0 Å². The second-order valence-electron chi connectivity index (χ2n) is 3.67. The topological polar surface area (TPSA) is 127 Å². The highest BCUT2D eigenvalue weighted by atomic mass is 32.3. The van der Waals surface area contributed by atoms with E-state index in [-0.39, 0.29) is 6.61 Å². The van der Waals surface area contributed by atoms with Crippen molar-refractivity contribution in [2.24, 2.45) is 0 Å². The first kappa shape index (κ1) is 21.1. The van der Waals surface area contributed by atoms with Crippen molar-refractivity contribution >= 4 is 20.8 Å². The predicted octanol–water partition coefficient (Wildman–Crippen LogP) is 1.67. The van der Waals surface area contributed by atoms with Crippen LogP contribution in [-0.4, -0.2) is 32.5 Å². The van der Waals surface area contributed by atoms with E-state index in [0.717, 1.165) is 11.8 Å². The number of allylic oxidation sites excluding steroid dienone is 3. The van der Waals surface area contributed by atoms with Crippen LogP contribution < -0.4 is 0 Å². The lowest BCUT2D eigenvalue weighted by Crippen LogP contribution is -2.03. The maximum absolute atomic E-state index is 9.92. The minimum Gasteiger partial charge on any atom is -0.370 e. The summed E-state index contributed by atoms with van der Waals surface area (Å²) in [6, 6.07) is 0. The van der Waals surface area contributed by atoms with E-state index in [1.807, 2.05) is 0 Å². The summed E-state index contributed by atoms with van der Waals surface area (Å²) in [7, 11) is -8.61. The van der Waals surface area contributed by atoms with Crippen LogP contribution in [-0.2, 0) is 29.2 Å². The van der Waals surface area contributed by atoms with Gasteiger partial charge in [0.15, 0.2) is 0 Å². The molecule has 0 aromatic carbocycles. The standard InChI is InChI=1S/C5H10O4S.C5H8O4S/c2*1-5(2)3-4-9-10(6,7)8/h3H,4H2,1-2H3,(H,6,7,8);3-4H,1H2,2H3,(H,6,7,8). The SMILES string of the molecule is C=C(C)C=COS(=O)(=O)O.CC(C)=CCOS(=O)(=O)O. The van der Waals surface area contributed by atoms with Crippen LogP contribution in [0.15, 0.2) is 36.1 Å². The van der Waals surface area contributed by atoms with Gasteiger partial charge in [0.1, 0.15) is 6.26 Å². The second kappa shape index (κ2) is 9.66. The number of hydrogen-bond donors (Lipinski definition) is 2. The van der Waals surface area contributed by atoms with Gasteiger partial charge in [-0.25, -0.2) is 4.18 Å². The third kappa shape index (κ3) is 25.6. The van der Waals surface area contributed by atoms with E-state index in [4.69, 9.17) is 9.11 Å². The van der Waals surface area contributed by atoms with Crippen LogP contribution in [0.2, 0.25) is 0 Å². The van der Waals surface area contributed by atoms with Gasteiger partial charge in [0.05, 0.1) is 6.61 Å². The number of rotatable bonds is 6. The fraction of sp³-hybridized carbons (Fsp3) is 0.400. The quantitative estimate of drug-likeness (QED) is 0.326. The highest BCUT2D eigenvalue weighted by molar-refractivity contribution is 7.81. The van der Waals surface area contributed by atoms with Gasteiger partial charge in [-0.1, -0.05) is 23.8 Å². The van der Waals surface area contributed by atoms with E-state index in [2.05, 4.69) is 14.9 Å². The van der Waals surface area contributed by atoms with E-state index in [0.29, 0.717) is 5.57 Å². The Morgan fingerprint density at radius 3 is 1.90 bits per heavy atom. The molecule has 0 rings (SSSR count). The average Bonchev–Trinajstić information content (AvgIpc) is 2.12. The van der Waals surface area contributed by atoms with Gasteiger partial charge in [-0.3, -0.25) is 9.11 Å². The zero-order valence-electron chi connectivity index (χ0n) is 11.3. The van der Waals surface area contributed by atoms with Gasteiger partial charge in [0.2, 0.25) is 0 Å². The highest BCUT2D eigenvalue weighted by Crippen LogP contribution is 1.92. The van der Waals surface area contributed by atoms with Gasteiger partial charge in [-0.2, -0.15) is 16.8 Å². The molecule has 0 saturated carbocycles. The Kier molecular flexibility index (Phi) is 10.2. The molecule has 0 spiro atoms. The molecule has 20 heavy (non-hydrogen) atoms. The van der Waals surface area contributed by atoms with E-state index in [1.165, 1.54) is 6.08 Å². The second-order valence-corrected chi connectivity index (χ2v) is 5.81. The first-order valence-corrected chi connectivity index (χ1v) is 7.79. The molecular weight excluding hydrogens is 312 g/mol. The van der Waals surface area contributed by atoms with Crippen molar-refractivity contribution in [1.82, 2.24) is 0 Å². The molecule has 0 fully saturated rings. The molecule has 0 aliphatic rings. The van der Waals surface area contributed by atoms with E-state index < -0.39 is 20.8 Å². The highest BCUT2D eigenvalue weighted by Gasteiger charge is 2.00. The Labute approximate surface area is 119 Å². The lowest BCUT2D eigenvalue weighted by Gasteiger charge is -1.93. The van der Waals surface area contributed by atoms with Crippen molar-refractivity contribution in [3.05, 3.63) is 36.1 Å². The van der Waals surface area contributed by atoms with Crippen LogP contribution in [0.25, 0.3) is 0 Å². The van der Waals surface area contributed by atoms with Crippen molar-refractivity contribution in [1.29, 1.82) is 0 Å². The molecule has 0 bridgehead atoms. The average molecular weight is 330 g/mol. The van der Waals surface area contributed by atoms with Gasteiger partial charge < -0.3 is 4.18 Å². The van der Waals surface area contributed by atoms with Crippen molar-refractivity contribution in [2.75, 3.05) is 6.61 Å². The van der Waals surface area contributed by atoms with E-state index in [9.17, 15) is 16.8 Å². The minimum atomic E-state index is -4.35. The summed E-state index contributed by atoms with van der Waals surface area (Å²) in [5, 5.41) is 0. The molecule has 118 valence electrons. The molecule has 0 aliphatic carbocycles. The number of hydrogen-bond acceptors (Lipinski definition) is 6. The fourth-order valence-corrected chi connectivity index (χ4v) is 0.937. The van der Waals surface area contributed by atoms with Gasteiger partial charge >= 0.3 is 20.8 Å². The summed E-state index contributed by atoms with van der Waals surface area (Å²) in [6.45, 7) is 8.58. The molecule has 0 heterocycles. The fourth-order valence-electron chi connectivity index (χ4n) is 0.501. The van der Waals surface area contributed by atoms with Crippen LogP contribution in [0.1, 0.15) is 20.8 Å². The van der Waals surface area contributed by atoms with Crippen molar-refractivity contribution in [3.63, 3.8) is 0 Å². The summed E-state index contributed by atoms with van der Waals surface area (Å²) in [5.74, 6) is 0. The van der Waals surface area contributed by atoms with Gasteiger partial charge in [-0.05, 0) is 26.8 Å². The molecule has 0 aliphatic heterocycles. The van der Waals surface area contributed by atoms with Crippen molar-refractivity contribution in [3.8, 4) is 0 Å². The molecule has 0 atom stereocenters. The zero-order valence-corrected chi connectivity index (χ0v) is 12.9. The third-order valence-corrected chi connectivity index (χ3v) is 2.03. The molecule has 2 N–H and O–H groups in total. The molecular formula is C10H18O8S2. The summed E-state index contributed by atoms with van der Waals surface area (Å²) < 4.78 is 63.4. The largest absolute Gasteiger partial charge is 0.445 e. The maximum atomic E-state index is 9.92. The van der Waals surface area contributed by atoms with Crippen LogP contribution in [0.3, 0.4) is 0 Å². The minimum absolute atomic E-state index is 0.110. The van der Waals surface area contributed by atoms with Gasteiger partial charge in [0, 0.05) is 0 Å². The van der Waals surface area contributed by atoms with Crippen molar-refractivity contribution in [2.45, 2.75) is 20.8 Å². The Bertz CT molecular complexity index is 550. The van der Waals surface area contributed by atoms with Crippen LogP contribution in [0.5, 0.6) is 0 Å². The molecule has 0 aromatic heterocycles. The van der Waals surface area contributed by atoms with Crippen molar-refractivity contribution < 1.29 is 34.3 Å². The lowest BCUT2D eigenvalue weighted by molar-refractivity contribution is 0.296. The summed E-state index contributed by atoms with van der Waals surface area (Å²) in [5.41, 5.74) is 1.56. The normalized spacial score (nSPS) is 11.4. The predicted molar refractivity (Wildman–Crippen MR) is 73.5 cm³/mol. The summed E-state index contributed by atoms with van der Waals surface area (Å²) in [6.07, 6.45) is 3.71. The summed E-state index contributed by atoms with van der Waals surface area (Å²) >= 11 is 0. The van der Waals surface area contributed by atoms with Crippen LogP contribution in [0, 0.1) is 0 Å². The van der Waals surface area contributed by atoms with Crippen LogP contribution in [0.4, 0.5) is 0 Å². The van der Waals surface area contributed by atoms with Gasteiger partial charge in [0.25, 0.3) is 0 Å². The molecule has 0 saturated heterocycles.